The maximum atomic E-state index is 10.9. The number of pyridine rings is 1. The largest absolute Gasteiger partial charge is 0.364 e. The van der Waals surface area contributed by atoms with E-state index in [0.717, 1.165) is 25.9 Å². The molecule has 0 spiro atoms. The van der Waals surface area contributed by atoms with E-state index in [1.807, 2.05) is 6.07 Å². The first-order valence-corrected chi connectivity index (χ1v) is 6.20. The van der Waals surface area contributed by atoms with Crippen LogP contribution in [0.25, 0.3) is 0 Å². The highest BCUT2D eigenvalue weighted by Gasteiger charge is 2.18. The second kappa shape index (κ2) is 6.11. The third-order valence-corrected chi connectivity index (χ3v) is 3.20. The lowest BCUT2D eigenvalue weighted by atomic mass is 10.1. The van der Waals surface area contributed by atoms with Crippen molar-refractivity contribution in [2.24, 2.45) is 5.92 Å². The van der Waals surface area contributed by atoms with Crippen molar-refractivity contribution in [3.8, 4) is 6.07 Å². The van der Waals surface area contributed by atoms with Crippen LogP contribution in [0.15, 0.2) is 12.3 Å². The van der Waals surface area contributed by atoms with Gasteiger partial charge in [-0.1, -0.05) is 0 Å². The van der Waals surface area contributed by atoms with Crippen LogP contribution in [0.3, 0.4) is 0 Å². The molecule has 2 rings (SSSR count). The second-order valence-corrected chi connectivity index (χ2v) is 4.53. The zero-order valence-corrected chi connectivity index (χ0v) is 10.4. The van der Waals surface area contributed by atoms with Gasteiger partial charge in [0.25, 0.3) is 0 Å². The summed E-state index contributed by atoms with van der Waals surface area (Å²) in [7, 11) is 0. The molecule has 1 aliphatic rings. The third kappa shape index (κ3) is 3.39. The van der Waals surface area contributed by atoms with Crippen molar-refractivity contribution in [2.75, 3.05) is 25.0 Å². The van der Waals surface area contributed by atoms with E-state index in [1.165, 1.54) is 12.3 Å². The summed E-state index contributed by atoms with van der Waals surface area (Å²) in [5, 5.41) is 25.9. The highest BCUT2D eigenvalue weighted by molar-refractivity contribution is 5.58. The summed E-state index contributed by atoms with van der Waals surface area (Å²) >= 11 is 0. The van der Waals surface area contributed by atoms with Crippen molar-refractivity contribution in [3.05, 3.63) is 27.9 Å². The minimum absolute atomic E-state index is 0.149. The number of nitrogens with one attached hydrogen (secondary N) is 2. The van der Waals surface area contributed by atoms with Crippen molar-refractivity contribution in [1.82, 2.24) is 10.3 Å². The lowest BCUT2D eigenvalue weighted by Gasteiger charge is -2.09. The van der Waals surface area contributed by atoms with Crippen LogP contribution in [-0.2, 0) is 0 Å². The van der Waals surface area contributed by atoms with E-state index in [0.29, 0.717) is 12.5 Å². The molecular weight excluding hydrogens is 246 g/mol. The molecule has 1 aromatic rings. The molecule has 0 radical (unpaired) electrons. The van der Waals surface area contributed by atoms with E-state index in [1.54, 1.807) is 0 Å². The summed E-state index contributed by atoms with van der Waals surface area (Å²) in [5.41, 5.74) is 0.0424. The van der Waals surface area contributed by atoms with Gasteiger partial charge in [0, 0.05) is 18.8 Å². The Bertz CT molecular complexity index is 505. The molecule has 1 atom stereocenters. The first-order chi connectivity index (χ1) is 9.20. The van der Waals surface area contributed by atoms with Crippen LogP contribution >= 0.6 is 0 Å². The van der Waals surface area contributed by atoms with Crippen molar-refractivity contribution < 1.29 is 4.92 Å². The summed E-state index contributed by atoms with van der Waals surface area (Å²) in [4.78, 5) is 14.3. The van der Waals surface area contributed by atoms with Gasteiger partial charge in [-0.25, -0.2) is 4.98 Å². The van der Waals surface area contributed by atoms with Crippen LogP contribution in [0.1, 0.15) is 18.4 Å². The molecule has 1 saturated heterocycles. The molecule has 7 heteroatoms. The van der Waals surface area contributed by atoms with Crippen molar-refractivity contribution in [3.63, 3.8) is 0 Å². The zero-order valence-electron chi connectivity index (χ0n) is 10.4. The molecular formula is C12H15N5O2. The second-order valence-electron chi connectivity index (χ2n) is 4.53. The molecule has 2 N–H and O–H groups in total. The van der Waals surface area contributed by atoms with Crippen molar-refractivity contribution in [2.45, 2.75) is 12.8 Å². The molecule has 1 aromatic heterocycles. The minimum atomic E-state index is -0.521. The Hall–Kier alpha value is -2.20. The molecule has 7 nitrogen and oxygen atoms in total. The van der Waals surface area contributed by atoms with Crippen molar-refractivity contribution in [1.29, 1.82) is 5.26 Å². The maximum absolute atomic E-state index is 10.9. The Labute approximate surface area is 110 Å². The van der Waals surface area contributed by atoms with Gasteiger partial charge in [0.2, 0.25) is 5.82 Å². The summed E-state index contributed by atoms with van der Waals surface area (Å²) < 4.78 is 0. The minimum Gasteiger partial charge on any atom is -0.364 e. The fourth-order valence-corrected chi connectivity index (χ4v) is 2.15. The first-order valence-electron chi connectivity index (χ1n) is 6.20. The van der Waals surface area contributed by atoms with E-state index >= 15 is 0 Å². The van der Waals surface area contributed by atoms with Gasteiger partial charge in [-0.15, -0.1) is 0 Å². The number of hydrogen-bond donors (Lipinski definition) is 2. The first kappa shape index (κ1) is 13.2. The van der Waals surface area contributed by atoms with Crippen LogP contribution < -0.4 is 10.6 Å². The number of nitrogens with zero attached hydrogens (tertiary/aromatic N) is 3. The Morgan fingerprint density at radius 1 is 1.68 bits per heavy atom. The molecule has 0 amide bonds. The van der Waals surface area contributed by atoms with Crippen LogP contribution in [0.4, 0.5) is 11.5 Å². The monoisotopic (exact) mass is 261 g/mol. The number of aromatic nitrogens is 1. The number of hydrogen-bond acceptors (Lipinski definition) is 6. The highest BCUT2D eigenvalue weighted by atomic mass is 16.6. The Morgan fingerprint density at radius 3 is 3.16 bits per heavy atom. The van der Waals surface area contributed by atoms with Crippen molar-refractivity contribution >= 4 is 11.5 Å². The van der Waals surface area contributed by atoms with Gasteiger partial charge < -0.3 is 10.6 Å². The molecule has 19 heavy (non-hydrogen) atoms. The Kier molecular flexibility index (Phi) is 4.26. The fraction of sp³-hybridized carbons (Fsp3) is 0.500. The lowest BCUT2D eigenvalue weighted by molar-refractivity contribution is -0.384. The lowest BCUT2D eigenvalue weighted by Crippen LogP contribution is -2.13. The van der Waals surface area contributed by atoms with Gasteiger partial charge in [0.15, 0.2) is 0 Å². The van der Waals surface area contributed by atoms with Gasteiger partial charge >= 0.3 is 5.69 Å². The normalized spacial score (nSPS) is 17.9. The standard InChI is InChI=1S/C12H15N5O2/c13-6-10-5-11(17(18)19)12(16-8-10)15-4-2-9-1-3-14-7-9/h5,8-9,14H,1-4,7H2,(H,15,16). The van der Waals surface area contributed by atoms with Gasteiger partial charge in [-0.05, 0) is 31.8 Å². The van der Waals surface area contributed by atoms with Crippen LogP contribution in [0.2, 0.25) is 0 Å². The summed E-state index contributed by atoms with van der Waals surface area (Å²) in [6, 6.07) is 3.09. The molecule has 1 unspecified atom stereocenters. The predicted octanol–water partition coefficient (Wildman–Crippen LogP) is 1.27. The molecule has 2 heterocycles. The molecule has 0 aliphatic carbocycles. The topological polar surface area (TPSA) is 104 Å². The van der Waals surface area contributed by atoms with Gasteiger partial charge in [0.1, 0.15) is 6.07 Å². The van der Waals surface area contributed by atoms with Crippen LogP contribution in [-0.4, -0.2) is 29.5 Å². The van der Waals surface area contributed by atoms with Crippen LogP contribution in [0, 0.1) is 27.4 Å². The van der Waals surface area contributed by atoms with E-state index in [9.17, 15) is 10.1 Å². The average molecular weight is 261 g/mol. The fourth-order valence-electron chi connectivity index (χ4n) is 2.15. The molecule has 0 aromatic carbocycles. The van der Waals surface area contributed by atoms with E-state index < -0.39 is 4.92 Å². The number of nitriles is 1. The summed E-state index contributed by atoms with van der Waals surface area (Å²) in [5.74, 6) is 0.847. The predicted molar refractivity (Wildman–Crippen MR) is 69.7 cm³/mol. The van der Waals surface area contributed by atoms with E-state index in [2.05, 4.69) is 15.6 Å². The highest BCUT2D eigenvalue weighted by Crippen LogP contribution is 2.23. The van der Waals surface area contributed by atoms with Gasteiger partial charge in [0.05, 0.1) is 10.5 Å². The van der Waals surface area contributed by atoms with Gasteiger partial charge in [-0.3, -0.25) is 10.1 Å². The van der Waals surface area contributed by atoms with E-state index in [4.69, 9.17) is 5.26 Å². The smallest absolute Gasteiger partial charge is 0.312 e. The Balaban J connectivity index is 1.98. The average Bonchev–Trinajstić information content (AvgIpc) is 2.92. The molecule has 1 fully saturated rings. The summed E-state index contributed by atoms with van der Waals surface area (Å²) in [6.07, 6.45) is 3.43. The third-order valence-electron chi connectivity index (χ3n) is 3.20. The molecule has 100 valence electrons. The molecule has 0 saturated carbocycles. The van der Waals surface area contributed by atoms with Gasteiger partial charge in [-0.2, -0.15) is 5.26 Å². The zero-order chi connectivity index (χ0) is 13.7. The number of nitro groups is 1. The molecule has 1 aliphatic heterocycles. The quantitative estimate of drug-likeness (QED) is 0.611. The maximum Gasteiger partial charge on any atom is 0.312 e. The summed E-state index contributed by atoms with van der Waals surface area (Å²) in [6.45, 7) is 2.69. The number of rotatable bonds is 5. The SMILES string of the molecule is N#Cc1cnc(NCCC2CCNC2)c([N+](=O)[O-])c1. The van der Waals surface area contributed by atoms with E-state index in [-0.39, 0.29) is 17.1 Å². The van der Waals surface area contributed by atoms with Crippen LogP contribution in [0.5, 0.6) is 0 Å². The Morgan fingerprint density at radius 2 is 2.53 bits per heavy atom. The molecule has 0 bridgehead atoms. The number of anilines is 1.